The van der Waals surface area contributed by atoms with Crippen molar-refractivity contribution in [1.29, 1.82) is 0 Å². The quantitative estimate of drug-likeness (QED) is 0.129. The van der Waals surface area contributed by atoms with Crippen LogP contribution in [-0.2, 0) is 0 Å². The monoisotopic (exact) mass is 753 g/mol. The van der Waals surface area contributed by atoms with Gasteiger partial charge in [-0.05, 0) is 88.9 Å². The third-order valence-electron chi connectivity index (χ3n) is 7.40. The molecule has 0 aliphatic heterocycles. The average Bonchev–Trinajstić information content (AvgIpc) is 3.94. The first-order valence-electron chi connectivity index (χ1n) is 14.3. The molecule has 9 rings (SSSR count). The third-order valence-corrected chi connectivity index (χ3v) is 17.7. The molecule has 0 nitrogen and oxygen atoms in total. The highest BCUT2D eigenvalue weighted by molar-refractivity contribution is 7.28. The van der Waals surface area contributed by atoms with E-state index in [4.69, 9.17) is 0 Å². The minimum Gasteiger partial charge on any atom is -0.143 e. The topological polar surface area (TPSA) is 0 Å². The van der Waals surface area contributed by atoms with Gasteiger partial charge in [0.1, 0.15) is 20.5 Å². The zero-order valence-corrected chi connectivity index (χ0v) is 31.1. The van der Waals surface area contributed by atoms with Gasteiger partial charge in [0.15, 0.2) is 0 Å². The molecule has 0 radical (unpaired) electrons. The fourth-order valence-electron chi connectivity index (χ4n) is 5.24. The minimum atomic E-state index is 1.32. The van der Waals surface area contributed by atoms with Crippen molar-refractivity contribution in [1.82, 2.24) is 0 Å². The molecule has 46 heavy (non-hydrogen) atoms. The van der Waals surface area contributed by atoms with E-state index in [1.54, 1.807) is 34.0 Å². The normalized spacial score (nSPS) is 11.5. The summed E-state index contributed by atoms with van der Waals surface area (Å²) in [7, 11) is 0. The van der Waals surface area contributed by atoms with Crippen LogP contribution in [0.3, 0.4) is 0 Å². The molecular formula is C37H21S9+. The maximum Gasteiger partial charge on any atom is 0.120 e. The average molecular weight is 754 g/mol. The van der Waals surface area contributed by atoms with Gasteiger partial charge in [-0.2, -0.15) is 0 Å². The Morgan fingerprint density at radius 1 is 0.261 bits per heavy atom. The van der Waals surface area contributed by atoms with Crippen LogP contribution < -0.4 is 0 Å². The SMILES string of the molecule is c1csc(-c2ccc(-c3ccc([C+](c4ccc(-c5ccc(-c6cccs6)s5)s4)c4ccc(-c5ccc(-c6cccs6)s5)s4)s3)s2)c1. The summed E-state index contributed by atoms with van der Waals surface area (Å²) in [5.41, 5.74) is 0. The van der Waals surface area contributed by atoms with E-state index < -0.39 is 0 Å². The molecule has 0 unspecified atom stereocenters. The number of hydrogen-bond donors (Lipinski definition) is 0. The van der Waals surface area contributed by atoms with Crippen molar-refractivity contribution in [3.05, 3.63) is 146 Å². The van der Waals surface area contributed by atoms with Gasteiger partial charge in [0.05, 0.1) is 14.6 Å². The van der Waals surface area contributed by atoms with Crippen LogP contribution >= 0.6 is 102 Å². The van der Waals surface area contributed by atoms with Gasteiger partial charge in [-0.25, -0.2) is 0 Å². The molecule has 0 fully saturated rings. The molecule has 0 spiro atoms. The molecule has 0 aliphatic rings. The van der Waals surface area contributed by atoms with E-state index >= 15 is 0 Å². The Labute approximate surface area is 303 Å². The number of hydrogen-bond acceptors (Lipinski definition) is 9. The predicted octanol–water partition coefficient (Wildman–Crippen LogP) is 15.3. The Kier molecular flexibility index (Phi) is 8.06. The molecule has 9 aromatic heterocycles. The fraction of sp³-hybridized carbons (Fsp3) is 0. The second kappa shape index (κ2) is 12.6. The van der Waals surface area contributed by atoms with Crippen LogP contribution in [0, 0.1) is 5.92 Å². The second-order valence-corrected chi connectivity index (χ2v) is 19.6. The lowest BCUT2D eigenvalue weighted by Gasteiger charge is -2.05. The van der Waals surface area contributed by atoms with Gasteiger partial charge >= 0.3 is 0 Å². The van der Waals surface area contributed by atoms with Crippen LogP contribution in [0.2, 0.25) is 0 Å². The van der Waals surface area contributed by atoms with Crippen LogP contribution in [0.1, 0.15) is 14.6 Å². The van der Waals surface area contributed by atoms with Gasteiger partial charge < -0.3 is 0 Å². The van der Waals surface area contributed by atoms with Crippen molar-refractivity contribution >= 4 is 102 Å². The van der Waals surface area contributed by atoms with E-state index in [9.17, 15) is 0 Å². The van der Waals surface area contributed by atoms with Crippen molar-refractivity contribution in [2.75, 3.05) is 0 Å². The Hall–Kier alpha value is -2.83. The Balaban J connectivity index is 1.08. The Morgan fingerprint density at radius 2 is 0.522 bits per heavy atom. The van der Waals surface area contributed by atoms with Crippen LogP contribution in [0.5, 0.6) is 0 Å². The fourth-order valence-corrected chi connectivity index (χ4v) is 14.5. The van der Waals surface area contributed by atoms with E-state index in [0.29, 0.717) is 0 Å². The summed E-state index contributed by atoms with van der Waals surface area (Å²) < 4.78 is 0. The number of rotatable bonds is 9. The van der Waals surface area contributed by atoms with Crippen LogP contribution in [0.4, 0.5) is 0 Å². The van der Waals surface area contributed by atoms with E-state index in [1.807, 2.05) is 68.0 Å². The third kappa shape index (κ3) is 5.68. The highest BCUT2D eigenvalue weighted by Gasteiger charge is 2.30. The highest BCUT2D eigenvalue weighted by Crippen LogP contribution is 2.49. The first-order chi connectivity index (χ1) is 22.7. The summed E-state index contributed by atoms with van der Waals surface area (Å²) in [5.74, 6) is 1.34. The Morgan fingerprint density at radius 3 is 0.804 bits per heavy atom. The molecule has 9 heteroatoms. The molecule has 9 heterocycles. The molecule has 0 N–H and O–H groups in total. The number of thiophene rings is 9. The standard InChI is InChI=1S/C37H21S9/c1-4-22(38-19-1)25-7-10-28(41-25)31-13-16-34(44-31)37(35-17-14-32(45-35)29-11-8-26(42-29)23-5-2-20-39-23)36-18-15-33(46-36)30-12-9-27(43-30)24-6-3-21-40-24/h1-21H/q+1. The van der Waals surface area contributed by atoms with Crippen molar-refractivity contribution in [2.45, 2.75) is 0 Å². The maximum atomic E-state index is 2.33. The van der Waals surface area contributed by atoms with Gasteiger partial charge in [0, 0.05) is 62.1 Å². The molecule has 0 aromatic carbocycles. The first-order valence-corrected chi connectivity index (χ1v) is 21.9. The summed E-state index contributed by atoms with van der Waals surface area (Å²) in [6, 6.07) is 40.6. The summed E-state index contributed by atoms with van der Waals surface area (Å²) in [6.07, 6.45) is 0. The molecular weight excluding hydrogens is 733 g/mol. The maximum absolute atomic E-state index is 2.33. The van der Waals surface area contributed by atoms with Crippen LogP contribution in [0.15, 0.2) is 125 Å². The van der Waals surface area contributed by atoms with Crippen molar-refractivity contribution in [3.63, 3.8) is 0 Å². The van der Waals surface area contributed by atoms with Gasteiger partial charge in [-0.15, -0.1) is 102 Å². The van der Waals surface area contributed by atoms with Crippen molar-refractivity contribution in [3.8, 4) is 58.5 Å². The lowest BCUT2D eigenvalue weighted by atomic mass is 10.0. The summed E-state index contributed by atoms with van der Waals surface area (Å²) >= 11 is 16.8. The zero-order chi connectivity index (χ0) is 30.5. The van der Waals surface area contributed by atoms with Gasteiger partial charge in [0.25, 0.3) is 0 Å². The van der Waals surface area contributed by atoms with Gasteiger partial charge in [-0.1, -0.05) is 18.2 Å². The van der Waals surface area contributed by atoms with Gasteiger partial charge in [0.2, 0.25) is 0 Å². The predicted molar refractivity (Wildman–Crippen MR) is 213 cm³/mol. The van der Waals surface area contributed by atoms with Crippen LogP contribution in [0.25, 0.3) is 58.5 Å². The van der Waals surface area contributed by atoms with Gasteiger partial charge in [-0.3, -0.25) is 0 Å². The molecule has 0 amide bonds. The highest BCUT2D eigenvalue weighted by atomic mass is 32.1. The summed E-state index contributed by atoms with van der Waals surface area (Å²) in [6.45, 7) is 0. The molecule has 9 aromatic rings. The molecule has 0 atom stereocenters. The molecule has 0 aliphatic carbocycles. The lowest BCUT2D eigenvalue weighted by Crippen LogP contribution is -1.97. The molecule has 0 bridgehead atoms. The smallest absolute Gasteiger partial charge is 0.120 e. The van der Waals surface area contributed by atoms with E-state index in [2.05, 4.69) is 125 Å². The van der Waals surface area contributed by atoms with E-state index in [0.717, 1.165) is 0 Å². The lowest BCUT2D eigenvalue weighted by molar-refractivity contribution is 1.37. The second-order valence-electron chi connectivity index (χ2n) is 10.3. The van der Waals surface area contributed by atoms with Crippen molar-refractivity contribution < 1.29 is 0 Å². The Bertz CT molecular complexity index is 2060. The van der Waals surface area contributed by atoms with E-state index in [-0.39, 0.29) is 0 Å². The molecule has 0 saturated carbocycles. The molecule has 0 saturated heterocycles. The van der Waals surface area contributed by atoms with Crippen LogP contribution in [-0.4, -0.2) is 0 Å². The summed E-state index contributed by atoms with van der Waals surface area (Å²) in [4.78, 5) is 20.0. The zero-order valence-electron chi connectivity index (χ0n) is 23.8. The first kappa shape index (κ1) is 29.3. The summed E-state index contributed by atoms with van der Waals surface area (Å²) in [5, 5.41) is 6.46. The molecule has 222 valence electrons. The largest absolute Gasteiger partial charge is 0.143 e. The van der Waals surface area contributed by atoms with Crippen molar-refractivity contribution in [2.24, 2.45) is 0 Å². The van der Waals surface area contributed by atoms with E-state index in [1.165, 1.54) is 79.1 Å². The minimum absolute atomic E-state index is 1.32.